The maximum atomic E-state index is 10.9. The number of hydrogen-bond donors (Lipinski definition) is 0. The smallest absolute Gasteiger partial charge is 0.333 e. The van der Waals surface area contributed by atoms with E-state index in [-0.39, 0.29) is 5.97 Å². The lowest BCUT2D eigenvalue weighted by molar-refractivity contribution is -0.138. The monoisotopic (exact) mass is 168 g/mol. The number of rotatable bonds is 5. The van der Waals surface area contributed by atoms with Crippen LogP contribution in [0.2, 0.25) is 0 Å². The summed E-state index contributed by atoms with van der Waals surface area (Å²) in [4.78, 5) is 10.9. The summed E-state index contributed by atoms with van der Waals surface area (Å²) in [6.07, 6.45) is 1.68. The molecule has 2 heteroatoms. The van der Waals surface area contributed by atoms with Gasteiger partial charge in [0.25, 0.3) is 0 Å². The van der Waals surface area contributed by atoms with Crippen molar-refractivity contribution in [3.8, 4) is 0 Å². The molecule has 0 aliphatic rings. The van der Waals surface area contributed by atoms with Crippen LogP contribution in [0.25, 0.3) is 0 Å². The SMILES string of the molecule is C=C(CC)CCOC(=O)C(=C)C. The van der Waals surface area contributed by atoms with Crippen LogP contribution in [0.1, 0.15) is 26.7 Å². The number of hydrogen-bond acceptors (Lipinski definition) is 2. The van der Waals surface area contributed by atoms with Gasteiger partial charge in [0.05, 0.1) is 6.61 Å². The molecule has 0 aliphatic heterocycles. The summed E-state index contributed by atoms with van der Waals surface area (Å²) >= 11 is 0. The van der Waals surface area contributed by atoms with Crippen LogP contribution in [0.15, 0.2) is 24.3 Å². The predicted octanol–water partition coefficient (Wildman–Crippen LogP) is 2.46. The molecule has 0 saturated carbocycles. The Morgan fingerprint density at radius 2 is 2.00 bits per heavy atom. The minimum absolute atomic E-state index is 0.320. The molecule has 0 radical (unpaired) electrons. The van der Waals surface area contributed by atoms with E-state index in [1.165, 1.54) is 0 Å². The molecule has 0 atom stereocenters. The topological polar surface area (TPSA) is 26.3 Å². The summed E-state index contributed by atoms with van der Waals surface area (Å²) in [7, 11) is 0. The van der Waals surface area contributed by atoms with Gasteiger partial charge in [-0.25, -0.2) is 4.79 Å². The molecule has 0 aromatic heterocycles. The molecule has 0 rings (SSSR count). The quantitative estimate of drug-likeness (QED) is 0.358. The number of carbonyl (C=O) groups is 1. The Kier molecular flexibility index (Phi) is 5.09. The maximum absolute atomic E-state index is 10.9. The first-order valence-electron chi connectivity index (χ1n) is 4.07. The third-order valence-electron chi connectivity index (χ3n) is 1.54. The van der Waals surface area contributed by atoms with Gasteiger partial charge >= 0.3 is 5.97 Å². The van der Waals surface area contributed by atoms with E-state index in [0.717, 1.165) is 18.4 Å². The molecule has 0 aromatic carbocycles. The maximum Gasteiger partial charge on any atom is 0.333 e. The van der Waals surface area contributed by atoms with Crippen LogP contribution >= 0.6 is 0 Å². The van der Waals surface area contributed by atoms with Gasteiger partial charge in [-0.15, -0.1) is 0 Å². The zero-order valence-corrected chi connectivity index (χ0v) is 7.85. The number of carbonyl (C=O) groups excluding carboxylic acids is 1. The molecule has 0 amide bonds. The van der Waals surface area contributed by atoms with Gasteiger partial charge in [0, 0.05) is 12.0 Å². The van der Waals surface area contributed by atoms with Gasteiger partial charge in [0.15, 0.2) is 0 Å². The molecule has 0 aliphatic carbocycles. The van der Waals surface area contributed by atoms with E-state index in [9.17, 15) is 4.79 Å². The molecule has 12 heavy (non-hydrogen) atoms. The van der Waals surface area contributed by atoms with Crippen LogP contribution in [-0.2, 0) is 9.53 Å². The van der Waals surface area contributed by atoms with Crippen molar-refractivity contribution in [1.29, 1.82) is 0 Å². The van der Waals surface area contributed by atoms with Gasteiger partial charge in [0.2, 0.25) is 0 Å². The Hall–Kier alpha value is -1.05. The fourth-order valence-corrected chi connectivity index (χ4v) is 0.588. The summed E-state index contributed by atoms with van der Waals surface area (Å²) in [5, 5.41) is 0. The third-order valence-corrected chi connectivity index (χ3v) is 1.54. The van der Waals surface area contributed by atoms with Gasteiger partial charge in [-0.2, -0.15) is 0 Å². The molecule has 2 nitrogen and oxygen atoms in total. The van der Waals surface area contributed by atoms with Crippen molar-refractivity contribution in [2.45, 2.75) is 26.7 Å². The van der Waals surface area contributed by atoms with E-state index < -0.39 is 0 Å². The normalized spacial score (nSPS) is 9.17. The van der Waals surface area contributed by atoms with E-state index in [1.807, 2.05) is 6.92 Å². The van der Waals surface area contributed by atoms with Crippen molar-refractivity contribution in [2.24, 2.45) is 0 Å². The fraction of sp³-hybridized carbons (Fsp3) is 0.500. The summed E-state index contributed by atoms with van der Waals surface area (Å²) in [6, 6.07) is 0. The molecule has 0 aromatic rings. The lowest BCUT2D eigenvalue weighted by Gasteiger charge is -2.04. The van der Waals surface area contributed by atoms with Gasteiger partial charge in [-0.05, 0) is 13.3 Å². The Morgan fingerprint density at radius 3 is 2.42 bits per heavy atom. The Labute approximate surface area is 73.9 Å². The summed E-state index contributed by atoms with van der Waals surface area (Å²) in [6.45, 7) is 11.4. The van der Waals surface area contributed by atoms with Crippen molar-refractivity contribution >= 4 is 5.97 Å². The second-order valence-electron chi connectivity index (χ2n) is 2.77. The zero-order chi connectivity index (χ0) is 9.56. The number of esters is 1. The minimum Gasteiger partial charge on any atom is -0.462 e. The molecule has 0 unspecified atom stereocenters. The molecule has 0 fully saturated rings. The second kappa shape index (κ2) is 5.58. The van der Waals surface area contributed by atoms with Crippen molar-refractivity contribution in [3.63, 3.8) is 0 Å². The van der Waals surface area contributed by atoms with Crippen LogP contribution in [-0.4, -0.2) is 12.6 Å². The van der Waals surface area contributed by atoms with Crippen molar-refractivity contribution in [2.75, 3.05) is 6.61 Å². The molecule has 0 saturated heterocycles. The van der Waals surface area contributed by atoms with E-state index in [4.69, 9.17) is 4.74 Å². The largest absolute Gasteiger partial charge is 0.462 e. The van der Waals surface area contributed by atoms with Gasteiger partial charge in [0.1, 0.15) is 0 Å². The highest BCUT2D eigenvalue weighted by atomic mass is 16.5. The lowest BCUT2D eigenvalue weighted by Crippen LogP contribution is -2.06. The zero-order valence-electron chi connectivity index (χ0n) is 7.85. The highest BCUT2D eigenvalue weighted by Gasteiger charge is 2.01. The average Bonchev–Trinajstić information content (AvgIpc) is 2.03. The highest BCUT2D eigenvalue weighted by Crippen LogP contribution is 2.03. The number of ether oxygens (including phenoxy) is 1. The molecular weight excluding hydrogens is 152 g/mol. The first-order chi connectivity index (χ1) is 5.57. The van der Waals surface area contributed by atoms with Crippen molar-refractivity contribution in [3.05, 3.63) is 24.3 Å². The Morgan fingerprint density at radius 1 is 1.42 bits per heavy atom. The lowest BCUT2D eigenvalue weighted by atomic mass is 10.2. The highest BCUT2D eigenvalue weighted by molar-refractivity contribution is 5.86. The van der Waals surface area contributed by atoms with Gasteiger partial charge in [-0.1, -0.05) is 25.7 Å². The van der Waals surface area contributed by atoms with Crippen LogP contribution in [0.5, 0.6) is 0 Å². The molecule has 0 bridgehead atoms. The molecular formula is C10H16O2. The summed E-state index contributed by atoms with van der Waals surface area (Å²) in [5.74, 6) is -0.320. The molecule has 68 valence electrons. The summed E-state index contributed by atoms with van der Waals surface area (Å²) < 4.78 is 4.88. The van der Waals surface area contributed by atoms with Crippen molar-refractivity contribution < 1.29 is 9.53 Å². The van der Waals surface area contributed by atoms with Crippen LogP contribution in [0.4, 0.5) is 0 Å². The average molecular weight is 168 g/mol. The molecule has 0 N–H and O–H groups in total. The van der Waals surface area contributed by atoms with E-state index in [1.54, 1.807) is 6.92 Å². The van der Waals surface area contributed by atoms with Crippen LogP contribution in [0, 0.1) is 0 Å². The van der Waals surface area contributed by atoms with Crippen molar-refractivity contribution in [1.82, 2.24) is 0 Å². The molecule has 0 spiro atoms. The first kappa shape index (κ1) is 11.0. The van der Waals surface area contributed by atoms with E-state index in [2.05, 4.69) is 13.2 Å². The van der Waals surface area contributed by atoms with Gasteiger partial charge < -0.3 is 4.74 Å². The Balaban J connectivity index is 3.50. The van der Waals surface area contributed by atoms with Crippen LogP contribution < -0.4 is 0 Å². The standard InChI is InChI=1S/C10H16O2/c1-5-9(4)6-7-12-10(11)8(2)3/h2,4-7H2,1,3H3. The third kappa shape index (κ3) is 4.72. The van der Waals surface area contributed by atoms with Gasteiger partial charge in [-0.3, -0.25) is 0 Å². The van der Waals surface area contributed by atoms with E-state index >= 15 is 0 Å². The minimum atomic E-state index is -0.320. The van der Waals surface area contributed by atoms with Crippen LogP contribution in [0.3, 0.4) is 0 Å². The van der Waals surface area contributed by atoms with E-state index in [0.29, 0.717) is 12.2 Å². The summed E-state index contributed by atoms with van der Waals surface area (Å²) in [5.41, 5.74) is 1.54. The Bertz CT molecular complexity index is 192. The second-order valence-corrected chi connectivity index (χ2v) is 2.77. The first-order valence-corrected chi connectivity index (χ1v) is 4.07. The molecule has 0 heterocycles. The predicted molar refractivity (Wildman–Crippen MR) is 49.8 cm³/mol. The fourth-order valence-electron chi connectivity index (χ4n) is 0.588.